The Morgan fingerprint density at radius 2 is 2.09 bits per heavy atom. The molecule has 2 heterocycles. The van der Waals surface area contributed by atoms with Gasteiger partial charge in [-0.15, -0.1) is 10.2 Å². The molecule has 0 fully saturated rings. The van der Waals surface area contributed by atoms with Gasteiger partial charge in [0.15, 0.2) is 5.82 Å². The largest absolute Gasteiger partial charge is 0.314 e. The van der Waals surface area contributed by atoms with E-state index < -0.39 is 21.9 Å². The van der Waals surface area contributed by atoms with Crippen LogP contribution >= 0.6 is 0 Å². The normalized spacial score (nSPS) is 16.6. The van der Waals surface area contributed by atoms with Crippen molar-refractivity contribution in [1.29, 1.82) is 0 Å². The summed E-state index contributed by atoms with van der Waals surface area (Å²) in [6.07, 6.45) is 4.09. The minimum absolute atomic E-state index is 0.0973. The molecular formula is C15H19FN4O2S. The number of nitrogens with one attached hydrogen (secondary N) is 1. The van der Waals surface area contributed by atoms with Crippen molar-refractivity contribution in [1.82, 2.24) is 19.5 Å². The number of benzene rings is 1. The Hall–Kier alpha value is -1.80. The van der Waals surface area contributed by atoms with Crippen molar-refractivity contribution in [2.45, 2.75) is 50.1 Å². The standard InChI is InChI=1S/C15H19FN4O2S/c1-11(15-18-17-14-8-3-2-4-9-20(14)15)19-23(21,22)13-7-5-6-12(16)10-13/h5-7,10-11,19H,2-4,8-9H2,1H3. The van der Waals surface area contributed by atoms with Crippen molar-refractivity contribution in [2.75, 3.05) is 0 Å². The molecule has 0 aliphatic carbocycles. The third-order valence-electron chi connectivity index (χ3n) is 3.96. The monoisotopic (exact) mass is 338 g/mol. The molecule has 2 aromatic rings. The predicted octanol–water partition coefficient (Wildman–Crippen LogP) is 2.18. The van der Waals surface area contributed by atoms with Crippen LogP contribution in [0.3, 0.4) is 0 Å². The molecule has 1 unspecified atom stereocenters. The number of aromatic nitrogens is 3. The molecule has 6 nitrogen and oxygen atoms in total. The minimum atomic E-state index is -3.81. The first-order valence-corrected chi connectivity index (χ1v) is 9.15. The van der Waals surface area contributed by atoms with Gasteiger partial charge in [-0.25, -0.2) is 17.5 Å². The van der Waals surface area contributed by atoms with E-state index in [0.29, 0.717) is 5.82 Å². The Kier molecular flexibility index (Phi) is 4.45. The predicted molar refractivity (Wildman–Crippen MR) is 82.7 cm³/mol. The lowest BCUT2D eigenvalue weighted by Crippen LogP contribution is -2.29. The zero-order chi connectivity index (χ0) is 16.4. The Morgan fingerprint density at radius 1 is 1.26 bits per heavy atom. The van der Waals surface area contributed by atoms with Crippen LogP contribution in [0.15, 0.2) is 29.2 Å². The lowest BCUT2D eigenvalue weighted by Gasteiger charge is -2.15. The second kappa shape index (κ2) is 6.37. The summed E-state index contributed by atoms with van der Waals surface area (Å²) in [5.74, 6) is 0.910. The Labute approximate surface area is 134 Å². The van der Waals surface area contributed by atoms with E-state index in [-0.39, 0.29) is 4.90 Å². The van der Waals surface area contributed by atoms with Gasteiger partial charge in [0.25, 0.3) is 0 Å². The molecule has 124 valence electrons. The Balaban J connectivity index is 1.84. The van der Waals surface area contributed by atoms with E-state index in [2.05, 4.69) is 14.9 Å². The average Bonchev–Trinajstić information content (AvgIpc) is 2.76. The van der Waals surface area contributed by atoms with Crippen molar-refractivity contribution in [3.05, 3.63) is 41.7 Å². The van der Waals surface area contributed by atoms with E-state index in [9.17, 15) is 12.8 Å². The van der Waals surface area contributed by atoms with Crippen LogP contribution in [0.25, 0.3) is 0 Å². The molecule has 1 aromatic heterocycles. The maximum atomic E-state index is 13.3. The molecule has 1 N–H and O–H groups in total. The van der Waals surface area contributed by atoms with Gasteiger partial charge in [-0.05, 0) is 38.0 Å². The van der Waals surface area contributed by atoms with Gasteiger partial charge < -0.3 is 4.57 Å². The lowest BCUT2D eigenvalue weighted by molar-refractivity contribution is 0.533. The number of halogens is 1. The SMILES string of the molecule is CC(NS(=O)(=O)c1cccc(F)c1)c1nnc2n1CCCCC2. The fourth-order valence-corrected chi connectivity index (χ4v) is 4.05. The maximum absolute atomic E-state index is 13.3. The van der Waals surface area contributed by atoms with Gasteiger partial charge in [-0.1, -0.05) is 12.5 Å². The van der Waals surface area contributed by atoms with Gasteiger partial charge in [0.1, 0.15) is 11.6 Å². The van der Waals surface area contributed by atoms with E-state index in [1.807, 2.05) is 4.57 Å². The molecule has 8 heteroatoms. The van der Waals surface area contributed by atoms with Crippen molar-refractivity contribution < 1.29 is 12.8 Å². The molecule has 3 rings (SSSR count). The Bertz CT molecular complexity index is 804. The lowest BCUT2D eigenvalue weighted by atomic mass is 10.2. The first-order chi connectivity index (χ1) is 11.0. The quantitative estimate of drug-likeness (QED) is 0.927. The summed E-state index contributed by atoms with van der Waals surface area (Å²) in [6, 6.07) is 4.41. The fraction of sp³-hybridized carbons (Fsp3) is 0.467. The van der Waals surface area contributed by atoms with E-state index in [4.69, 9.17) is 0 Å². The summed E-state index contributed by atoms with van der Waals surface area (Å²) in [6.45, 7) is 2.52. The molecule has 1 aliphatic heterocycles. The van der Waals surface area contributed by atoms with Crippen LogP contribution < -0.4 is 4.72 Å². The first kappa shape index (κ1) is 16.1. The van der Waals surface area contributed by atoms with E-state index in [1.54, 1.807) is 6.92 Å². The molecule has 0 spiro atoms. The van der Waals surface area contributed by atoms with Crippen LogP contribution in [0.1, 0.15) is 43.9 Å². The average molecular weight is 338 g/mol. The van der Waals surface area contributed by atoms with Gasteiger partial charge in [0.05, 0.1) is 10.9 Å². The highest BCUT2D eigenvalue weighted by Gasteiger charge is 2.24. The van der Waals surface area contributed by atoms with Gasteiger partial charge in [-0.3, -0.25) is 0 Å². The zero-order valence-corrected chi connectivity index (χ0v) is 13.7. The number of hydrogen-bond donors (Lipinski definition) is 1. The van der Waals surface area contributed by atoms with Crippen molar-refractivity contribution in [3.63, 3.8) is 0 Å². The van der Waals surface area contributed by atoms with E-state index >= 15 is 0 Å². The number of sulfonamides is 1. The van der Waals surface area contributed by atoms with E-state index in [0.717, 1.165) is 44.1 Å². The third kappa shape index (κ3) is 3.42. The number of aryl methyl sites for hydroxylation is 1. The summed E-state index contributed by atoms with van der Waals surface area (Å²) in [5, 5.41) is 8.32. The molecular weight excluding hydrogens is 319 g/mol. The van der Waals surface area contributed by atoms with Gasteiger partial charge in [0.2, 0.25) is 10.0 Å². The van der Waals surface area contributed by atoms with Crippen molar-refractivity contribution in [2.24, 2.45) is 0 Å². The van der Waals surface area contributed by atoms with Crippen molar-refractivity contribution in [3.8, 4) is 0 Å². The molecule has 0 radical (unpaired) electrons. The zero-order valence-electron chi connectivity index (χ0n) is 12.9. The molecule has 23 heavy (non-hydrogen) atoms. The van der Waals surface area contributed by atoms with Gasteiger partial charge in [0, 0.05) is 13.0 Å². The highest BCUT2D eigenvalue weighted by atomic mass is 32.2. The second-order valence-corrected chi connectivity index (χ2v) is 7.45. The van der Waals surface area contributed by atoms with E-state index in [1.165, 1.54) is 18.2 Å². The van der Waals surface area contributed by atoms with Crippen molar-refractivity contribution >= 4 is 10.0 Å². The summed E-state index contributed by atoms with van der Waals surface area (Å²) in [5.41, 5.74) is 0. The van der Waals surface area contributed by atoms with Crippen LogP contribution in [-0.4, -0.2) is 23.2 Å². The highest BCUT2D eigenvalue weighted by molar-refractivity contribution is 7.89. The van der Waals surface area contributed by atoms with Crippen LogP contribution in [0.5, 0.6) is 0 Å². The molecule has 1 aliphatic rings. The maximum Gasteiger partial charge on any atom is 0.241 e. The smallest absolute Gasteiger partial charge is 0.241 e. The van der Waals surface area contributed by atoms with Crippen LogP contribution in [0.4, 0.5) is 4.39 Å². The number of rotatable bonds is 4. The molecule has 1 aromatic carbocycles. The number of hydrogen-bond acceptors (Lipinski definition) is 4. The number of nitrogens with zero attached hydrogens (tertiary/aromatic N) is 3. The molecule has 0 saturated carbocycles. The Morgan fingerprint density at radius 3 is 2.87 bits per heavy atom. The topological polar surface area (TPSA) is 76.9 Å². The minimum Gasteiger partial charge on any atom is -0.314 e. The number of fused-ring (bicyclic) bond motifs is 1. The second-order valence-electron chi connectivity index (χ2n) is 5.74. The fourth-order valence-electron chi connectivity index (χ4n) is 2.82. The summed E-state index contributed by atoms with van der Waals surface area (Å²) < 4.78 is 42.6. The molecule has 0 amide bonds. The molecule has 0 bridgehead atoms. The summed E-state index contributed by atoms with van der Waals surface area (Å²) in [7, 11) is -3.81. The van der Waals surface area contributed by atoms with Crippen LogP contribution in [0, 0.1) is 5.82 Å². The van der Waals surface area contributed by atoms with Gasteiger partial charge >= 0.3 is 0 Å². The summed E-state index contributed by atoms with van der Waals surface area (Å²) in [4.78, 5) is -0.0973. The summed E-state index contributed by atoms with van der Waals surface area (Å²) >= 11 is 0. The molecule has 1 atom stereocenters. The van der Waals surface area contributed by atoms with Crippen LogP contribution in [-0.2, 0) is 23.0 Å². The molecule has 0 saturated heterocycles. The van der Waals surface area contributed by atoms with Gasteiger partial charge in [-0.2, -0.15) is 0 Å². The first-order valence-electron chi connectivity index (χ1n) is 7.67. The van der Waals surface area contributed by atoms with Crippen LogP contribution in [0.2, 0.25) is 0 Å². The highest BCUT2D eigenvalue weighted by Crippen LogP contribution is 2.20. The third-order valence-corrected chi connectivity index (χ3v) is 5.50.